The number of esters is 1. The van der Waals surface area contributed by atoms with Gasteiger partial charge in [0.25, 0.3) is 5.91 Å². The van der Waals surface area contributed by atoms with Gasteiger partial charge in [-0.1, -0.05) is 0 Å². The minimum atomic E-state index is -0.332. The van der Waals surface area contributed by atoms with Crippen molar-refractivity contribution in [2.75, 3.05) is 18.5 Å². The molecule has 0 aliphatic heterocycles. The Morgan fingerprint density at radius 1 is 1.31 bits per heavy atom. The number of hydrogen-bond acceptors (Lipinski definition) is 7. The zero-order valence-electron chi connectivity index (χ0n) is 14.6. The monoisotopic (exact) mass is 375 g/mol. The molecular formula is C18H21N3O4S. The van der Waals surface area contributed by atoms with Crippen LogP contribution in [-0.4, -0.2) is 35.1 Å². The summed E-state index contributed by atoms with van der Waals surface area (Å²) >= 11 is 1.27. The summed E-state index contributed by atoms with van der Waals surface area (Å²) in [5.74, 6) is 0.108. The van der Waals surface area contributed by atoms with Gasteiger partial charge in [0.15, 0.2) is 11.7 Å². The SMILES string of the molecule is CCOC(=O)Cc1csc(NC(=O)COc2ccnc3c2CCCC3)n1. The molecule has 1 amide bonds. The Balaban J connectivity index is 1.52. The summed E-state index contributed by atoms with van der Waals surface area (Å²) in [6.45, 7) is 2.00. The Hall–Kier alpha value is -2.48. The van der Waals surface area contributed by atoms with Gasteiger partial charge in [-0.05, 0) is 38.7 Å². The number of carbonyl (C=O) groups excluding carboxylic acids is 2. The Morgan fingerprint density at radius 2 is 2.15 bits per heavy atom. The van der Waals surface area contributed by atoms with E-state index >= 15 is 0 Å². The second-order valence-corrected chi connectivity index (χ2v) is 6.76. The zero-order chi connectivity index (χ0) is 18.4. The molecule has 26 heavy (non-hydrogen) atoms. The van der Waals surface area contributed by atoms with Crippen molar-refractivity contribution in [3.8, 4) is 5.75 Å². The van der Waals surface area contributed by atoms with Crippen LogP contribution in [0.4, 0.5) is 5.13 Å². The van der Waals surface area contributed by atoms with Crippen molar-refractivity contribution in [3.63, 3.8) is 0 Å². The minimum absolute atomic E-state index is 0.0940. The summed E-state index contributed by atoms with van der Waals surface area (Å²) in [4.78, 5) is 32.2. The number of thiazole rings is 1. The van der Waals surface area contributed by atoms with Gasteiger partial charge < -0.3 is 9.47 Å². The molecule has 0 atom stereocenters. The van der Waals surface area contributed by atoms with Crippen LogP contribution in [0.2, 0.25) is 0 Å². The number of anilines is 1. The van der Waals surface area contributed by atoms with E-state index in [0.29, 0.717) is 17.4 Å². The maximum atomic E-state index is 12.1. The number of ether oxygens (including phenoxy) is 2. The van der Waals surface area contributed by atoms with Gasteiger partial charge in [0.05, 0.1) is 18.7 Å². The van der Waals surface area contributed by atoms with E-state index in [1.807, 2.05) is 0 Å². The maximum absolute atomic E-state index is 12.1. The van der Waals surface area contributed by atoms with Crippen molar-refractivity contribution >= 4 is 28.3 Å². The molecule has 3 rings (SSSR count). The molecule has 0 saturated carbocycles. The van der Waals surface area contributed by atoms with Crippen LogP contribution in [0.1, 0.15) is 36.7 Å². The third-order valence-corrected chi connectivity index (χ3v) is 4.79. The molecule has 0 saturated heterocycles. The number of aromatic nitrogens is 2. The summed E-state index contributed by atoms with van der Waals surface area (Å²) in [6.07, 6.45) is 5.97. The van der Waals surface area contributed by atoms with Crippen LogP contribution in [0.15, 0.2) is 17.6 Å². The summed E-state index contributed by atoms with van der Waals surface area (Å²) in [5, 5.41) is 4.86. The van der Waals surface area contributed by atoms with E-state index in [9.17, 15) is 9.59 Å². The Kier molecular flexibility index (Phi) is 6.17. The normalized spacial score (nSPS) is 13.0. The van der Waals surface area contributed by atoms with Gasteiger partial charge in [0.2, 0.25) is 0 Å². The molecule has 138 valence electrons. The molecule has 0 aromatic carbocycles. The van der Waals surface area contributed by atoms with E-state index < -0.39 is 0 Å². The highest BCUT2D eigenvalue weighted by Gasteiger charge is 2.16. The van der Waals surface area contributed by atoms with Gasteiger partial charge in [-0.3, -0.25) is 19.9 Å². The number of rotatable bonds is 7. The quantitative estimate of drug-likeness (QED) is 0.748. The molecule has 2 aromatic rings. The maximum Gasteiger partial charge on any atom is 0.311 e. The molecule has 0 radical (unpaired) electrons. The average Bonchev–Trinajstić information content (AvgIpc) is 3.06. The van der Waals surface area contributed by atoms with Gasteiger partial charge in [-0.2, -0.15) is 0 Å². The molecule has 1 aliphatic carbocycles. The van der Waals surface area contributed by atoms with Gasteiger partial charge >= 0.3 is 5.97 Å². The van der Waals surface area contributed by atoms with Gasteiger partial charge in [0.1, 0.15) is 5.75 Å². The first-order valence-electron chi connectivity index (χ1n) is 8.65. The van der Waals surface area contributed by atoms with Crippen LogP contribution < -0.4 is 10.1 Å². The molecule has 7 nitrogen and oxygen atoms in total. The van der Waals surface area contributed by atoms with E-state index in [-0.39, 0.29) is 24.9 Å². The minimum Gasteiger partial charge on any atom is -0.483 e. The van der Waals surface area contributed by atoms with E-state index in [0.717, 1.165) is 42.7 Å². The zero-order valence-corrected chi connectivity index (χ0v) is 15.4. The second kappa shape index (κ2) is 8.75. The van der Waals surface area contributed by atoms with Crippen LogP contribution in [0.5, 0.6) is 5.75 Å². The third-order valence-electron chi connectivity index (χ3n) is 3.98. The second-order valence-electron chi connectivity index (χ2n) is 5.90. The number of fused-ring (bicyclic) bond motifs is 1. The number of carbonyl (C=O) groups is 2. The fraction of sp³-hybridized carbons (Fsp3) is 0.444. The van der Waals surface area contributed by atoms with Crippen molar-refractivity contribution in [3.05, 3.63) is 34.6 Å². The molecule has 0 unspecified atom stereocenters. The highest BCUT2D eigenvalue weighted by molar-refractivity contribution is 7.13. The lowest BCUT2D eigenvalue weighted by molar-refractivity contribution is -0.142. The van der Waals surface area contributed by atoms with Crippen molar-refractivity contribution in [1.29, 1.82) is 0 Å². The lowest BCUT2D eigenvalue weighted by atomic mass is 9.95. The fourth-order valence-electron chi connectivity index (χ4n) is 2.83. The number of nitrogens with zero attached hydrogens (tertiary/aromatic N) is 2. The number of aryl methyl sites for hydroxylation is 1. The molecule has 8 heteroatoms. The first kappa shape index (κ1) is 18.3. The Bertz CT molecular complexity index is 790. The van der Waals surface area contributed by atoms with Crippen molar-refractivity contribution in [1.82, 2.24) is 9.97 Å². The lowest BCUT2D eigenvalue weighted by Crippen LogP contribution is -2.21. The fourth-order valence-corrected chi connectivity index (χ4v) is 3.56. The number of amides is 1. The van der Waals surface area contributed by atoms with Crippen LogP contribution in [0, 0.1) is 0 Å². The van der Waals surface area contributed by atoms with Crippen LogP contribution in [-0.2, 0) is 33.6 Å². The molecule has 0 bridgehead atoms. The highest BCUT2D eigenvalue weighted by atomic mass is 32.1. The summed E-state index contributed by atoms with van der Waals surface area (Å²) in [6, 6.07) is 1.80. The molecule has 1 N–H and O–H groups in total. The first-order valence-corrected chi connectivity index (χ1v) is 9.53. The van der Waals surface area contributed by atoms with Gasteiger partial charge in [-0.25, -0.2) is 4.98 Å². The standard InChI is InChI=1S/C18H21N3O4S/c1-2-24-17(23)9-12-11-26-18(20-12)21-16(22)10-25-15-7-8-19-14-6-4-3-5-13(14)15/h7-8,11H,2-6,9-10H2,1H3,(H,20,21,22). The summed E-state index contributed by atoms with van der Waals surface area (Å²) < 4.78 is 10.6. The van der Waals surface area contributed by atoms with Crippen molar-refractivity contribution < 1.29 is 19.1 Å². The molecule has 1 aliphatic rings. The molecule has 0 fully saturated rings. The summed E-state index contributed by atoms with van der Waals surface area (Å²) in [7, 11) is 0. The van der Waals surface area contributed by atoms with E-state index in [1.165, 1.54) is 11.3 Å². The number of nitrogens with one attached hydrogen (secondary N) is 1. The highest BCUT2D eigenvalue weighted by Crippen LogP contribution is 2.27. The molecule has 0 spiro atoms. The summed E-state index contributed by atoms with van der Waals surface area (Å²) in [5.41, 5.74) is 2.75. The first-order chi connectivity index (χ1) is 12.7. The predicted molar refractivity (Wildman–Crippen MR) is 97.5 cm³/mol. The lowest BCUT2D eigenvalue weighted by Gasteiger charge is -2.18. The van der Waals surface area contributed by atoms with Crippen LogP contribution in [0.3, 0.4) is 0 Å². The van der Waals surface area contributed by atoms with E-state index in [4.69, 9.17) is 9.47 Å². The van der Waals surface area contributed by atoms with Gasteiger partial charge in [-0.15, -0.1) is 11.3 Å². The third kappa shape index (κ3) is 4.78. The molecule has 2 aromatic heterocycles. The topological polar surface area (TPSA) is 90.4 Å². The molecular weight excluding hydrogens is 354 g/mol. The van der Waals surface area contributed by atoms with E-state index in [1.54, 1.807) is 24.6 Å². The predicted octanol–water partition coefficient (Wildman–Crippen LogP) is 2.54. The largest absolute Gasteiger partial charge is 0.483 e. The average molecular weight is 375 g/mol. The van der Waals surface area contributed by atoms with Crippen molar-refractivity contribution in [2.45, 2.75) is 39.0 Å². The number of pyridine rings is 1. The molecule has 2 heterocycles. The smallest absolute Gasteiger partial charge is 0.311 e. The van der Waals surface area contributed by atoms with Crippen LogP contribution >= 0.6 is 11.3 Å². The van der Waals surface area contributed by atoms with Crippen molar-refractivity contribution in [2.24, 2.45) is 0 Å². The van der Waals surface area contributed by atoms with Crippen LogP contribution in [0.25, 0.3) is 0 Å². The number of hydrogen-bond donors (Lipinski definition) is 1. The Labute approximate surface area is 155 Å². The van der Waals surface area contributed by atoms with Gasteiger partial charge in [0, 0.05) is 22.8 Å². The van der Waals surface area contributed by atoms with E-state index in [2.05, 4.69) is 15.3 Å². The Morgan fingerprint density at radius 3 is 3.00 bits per heavy atom.